The standard InChI is InChI=1S/C15H29NO/c1-2-16-15-9-5-3-4-7-13(15)10-11-14-8-6-12-17-14/h13-16H,2-12H2,1H3. The predicted octanol–water partition coefficient (Wildman–Crippen LogP) is 3.50. The van der Waals surface area contributed by atoms with Crippen molar-refractivity contribution in [2.45, 2.75) is 76.9 Å². The number of ether oxygens (including phenoxy) is 1. The third-order valence-electron chi connectivity index (χ3n) is 4.51. The maximum Gasteiger partial charge on any atom is 0.0576 e. The summed E-state index contributed by atoms with van der Waals surface area (Å²) in [6, 6.07) is 0.781. The Labute approximate surface area is 107 Å². The van der Waals surface area contributed by atoms with Gasteiger partial charge in [-0.25, -0.2) is 0 Å². The molecule has 0 aromatic rings. The van der Waals surface area contributed by atoms with Crippen molar-refractivity contribution in [3.63, 3.8) is 0 Å². The number of hydrogen-bond donors (Lipinski definition) is 1. The molecule has 3 unspecified atom stereocenters. The Morgan fingerprint density at radius 1 is 1.00 bits per heavy atom. The first kappa shape index (κ1) is 13.4. The smallest absolute Gasteiger partial charge is 0.0576 e. The van der Waals surface area contributed by atoms with E-state index in [0.717, 1.165) is 25.1 Å². The number of rotatable bonds is 5. The molecule has 2 fully saturated rings. The van der Waals surface area contributed by atoms with E-state index in [1.165, 1.54) is 57.8 Å². The van der Waals surface area contributed by atoms with Crippen LogP contribution in [-0.2, 0) is 4.74 Å². The van der Waals surface area contributed by atoms with E-state index < -0.39 is 0 Å². The second kappa shape index (κ2) is 7.38. The van der Waals surface area contributed by atoms with Gasteiger partial charge >= 0.3 is 0 Å². The van der Waals surface area contributed by atoms with Crippen molar-refractivity contribution in [1.82, 2.24) is 5.32 Å². The van der Waals surface area contributed by atoms with Gasteiger partial charge in [-0.3, -0.25) is 0 Å². The highest BCUT2D eigenvalue weighted by molar-refractivity contribution is 4.80. The summed E-state index contributed by atoms with van der Waals surface area (Å²) in [7, 11) is 0. The SMILES string of the molecule is CCNC1CCCCCC1CCC1CCCO1. The van der Waals surface area contributed by atoms with Crippen molar-refractivity contribution in [3.8, 4) is 0 Å². The van der Waals surface area contributed by atoms with Gasteiger partial charge in [0.1, 0.15) is 0 Å². The average molecular weight is 239 g/mol. The number of nitrogens with one attached hydrogen (secondary N) is 1. The molecule has 2 heteroatoms. The largest absolute Gasteiger partial charge is 0.378 e. The van der Waals surface area contributed by atoms with Crippen LogP contribution >= 0.6 is 0 Å². The van der Waals surface area contributed by atoms with Gasteiger partial charge in [-0.2, -0.15) is 0 Å². The molecule has 1 saturated heterocycles. The third kappa shape index (κ3) is 4.26. The van der Waals surface area contributed by atoms with Crippen molar-refractivity contribution in [2.24, 2.45) is 5.92 Å². The highest BCUT2D eigenvalue weighted by Gasteiger charge is 2.24. The summed E-state index contributed by atoms with van der Waals surface area (Å²) in [4.78, 5) is 0. The van der Waals surface area contributed by atoms with Crippen LogP contribution in [0.3, 0.4) is 0 Å². The molecule has 0 aromatic heterocycles. The van der Waals surface area contributed by atoms with Gasteiger partial charge in [0.15, 0.2) is 0 Å². The second-order valence-corrected chi connectivity index (χ2v) is 5.77. The first-order chi connectivity index (χ1) is 8.40. The fraction of sp³-hybridized carbons (Fsp3) is 1.00. The fourth-order valence-corrected chi connectivity index (χ4v) is 3.53. The lowest BCUT2D eigenvalue weighted by Crippen LogP contribution is -2.35. The van der Waals surface area contributed by atoms with Gasteiger partial charge in [-0.1, -0.05) is 26.2 Å². The monoisotopic (exact) mass is 239 g/mol. The summed E-state index contributed by atoms with van der Waals surface area (Å²) in [5, 5.41) is 3.71. The summed E-state index contributed by atoms with van der Waals surface area (Å²) in [5.41, 5.74) is 0. The summed E-state index contributed by atoms with van der Waals surface area (Å²) in [6.07, 6.45) is 13.0. The van der Waals surface area contributed by atoms with E-state index in [1.807, 2.05) is 0 Å². The van der Waals surface area contributed by atoms with Crippen LogP contribution in [0.15, 0.2) is 0 Å². The molecule has 1 aliphatic heterocycles. The molecule has 1 N–H and O–H groups in total. The van der Waals surface area contributed by atoms with Crippen LogP contribution in [0.25, 0.3) is 0 Å². The molecule has 100 valence electrons. The first-order valence-electron chi connectivity index (χ1n) is 7.75. The molecule has 0 bridgehead atoms. The van der Waals surface area contributed by atoms with Crippen LogP contribution in [-0.4, -0.2) is 25.3 Å². The van der Waals surface area contributed by atoms with Gasteiger partial charge in [0.2, 0.25) is 0 Å². The molecule has 3 atom stereocenters. The van der Waals surface area contributed by atoms with Crippen LogP contribution in [0, 0.1) is 5.92 Å². The molecule has 17 heavy (non-hydrogen) atoms. The Kier molecular flexibility index (Phi) is 5.79. The molecule has 2 aliphatic rings. The zero-order valence-electron chi connectivity index (χ0n) is 11.4. The van der Waals surface area contributed by atoms with Crippen molar-refractivity contribution in [3.05, 3.63) is 0 Å². The predicted molar refractivity (Wildman–Crippen MR) is 72.2 cm³/mol. The Hall–Kier alpha value is -0.0800. The average Bonchev–Trinajstić information content (AvgIpc) is 2.76. The lowest BCUT2D eigenvalue weighted by molar-refractivity contribution is 0.0952. The molecule has 0 spiro atoms. The Bertz CT molecular complexity index is 201. The highest BCUT2D eigenvalue weighted by Crippen LogP contribution is 2.29. The Balaban J connectivity index is 1.77. The molecule has 2 rings (SSSR count). The second-order valence-electron chi connectivity index (χ2n) is 5.77. The highest BCUT2D eigenvalue weighted by atomic mass is 16.5. The van der Waals surface area contributed by atoms with Gasteiger partial charge in [0.05, 0.1) is 6.10 Å². The molecule has 0 radical (unpaired) electrons. The molecule has 0 aromatic carbocycles. The molecule has 1 heterocycles. The van der Waals surface area contributed by atoms with Crippen LogP contribution in [0.4, 0.5) is 0 Å². The molecular formula is C15H29NO. The molecular weight excluding hydrogens is 210 g/mol. The van der Waals surface area contributed by atoms with Crippen LogP contribution in [0.1, 0.15) is 64.7 Å². The topological polar surface area (TPSA) is 21.3 Å². The summed E-state index contributed by atoms with van der Waals surface area (Å²) < 4.78 is 5.75. The van der Waals surface area contributed by atoms with E-state index in [2.05, 4.69) is 12.2 Å². The summed E-state index contributed by atoms with van der Waals surface area (Å²) in [5.74, 6) is 0.904. The fourth-order valence-electron chi connectivity index (χ4n) is 3.53. The quantitative estimate of drug-likeness (QED) is 0.741. The molecule has 1 saturated carbocycles. The lowest BCUT2D eigenvalue weighted by atomic mass is 9.89. The van der Waals surface area contributed by atoms with Crippen LogP contribution in [0.2, 0.25) is 0 Å². The van der Waals surface area contributed by atoms with E-state index in [-0.39, 0.29) is 0 Å². The minimum absolute atomic E-state index is 0.584. The van der Waals surface area contributed by atoms with Gasteiger partial charge in [0, 0.05) is 12.6 Å². The number of hydrogen-bond acceptors (Lipinski definition) is 2. The molecule has 1 aliphatic carbocycles. The zero-order valence-corrected chi connectivity index (χ0v) is 11.4. The van der Waals surface area contributed by atoms with Gasteiger partial charge in [-0.15, -0.1) is 0 Å². The normalized spacial score (nSPS) is 34.8. The van der Waals surface area contributed by atoms with E-state index in [9.17, 15) is 0 Å². The lowest BCUT2D eigenvalue weighted by Gasteiger charge is -2.26. The summed E-state index contributed by atoms with van der Waals surface area (Å²) >= 11 is 0. The van der Waals surface area contributed by atoms with Crippen molar-refractivity contribution in [1.29, 1.82) is 0 Å². The van der Waals surface area contributed by atoms with Crippen molar-refractivity contribution < 1.29 is 4.74 Å². The maximum atomic E-state index is 5.75. The van der Waals surface area contributed by atoms with Crippen molar-refractivity contribution >= 4 is 0 Å². The summed E-state index contributed by atoms with van der Waals surface area (Å²) in [6.45, 7) is 4.37. The third-order valence-corrected chi connectivity index (χ3v) is 4.51. The van der Waals surface area contributed by atoms with Gasteiger partial charge in [-0.05, 0) is 51.0 Å². The minimum atomic E-state index is 0.584. The first-order valence-corrected chi connectivity index (χ1v) is 7.75. The minimum Gasteiger partial charge on any atom is -0.378 e. The van der Waals surface area contributed by atoms with E-state index in [1.54, 1.807) is 0 Å². The van der Waals surface area contributed by atoms with Crippen LogP contribution in [0.5, 0.6) is 0 Å². The Morgan fingerprint density at radius 2 is 1.88 bits per heavy atom. The van der Waals surface area contributed by atoms with Crippen molar-refractivity contribution in [2.75, 3.05) is 13.2 Å². The van der Waals surface area contributed by atoms with Gasteiger partial charge in [0.25, 0.3) is 0 Å². The van der Waals surface area contributed by atoms with E-state index in [4.69, 9.17) is 4.74 Å². The van der Waals surface area contributed by atoms with E-state index in [0.29, 0.717) is 6.10 Å². The maximum absolute atomic E-state index is 5.75. The zero-order chi connectivity index (χ0) is 11.9. The van der Waals surface area contributed by atoms with E-state index >= 15 is 0 Å². The van der Waals surface area contributed by atoms with Gasteiger partial charge < -0.3 is 10.1 Å². The molecule has 0 amide bonds. The molecule has 2 nitrogen and oxygen atoms in total. The van der Waals surface area contributed by atoms with Crippen LogP contribution < -0.4 is 5.32 Å². The Morgan fingerprint density at radius 3 is 2.65 bits per heavy atom.